The SMILES string of the molecule is CCC(C)NC(=O)C(C)N(CCc1ccccc1)C(=O)CN(c1ccccc1C)S(=O)(=O)c1ccc(C)cc1. The molecule has 0 aromatic heterocycles. The highest BCUT2D eigenvalue weighted by atomic mass is 32.2. The van der Waals surface area contributed by atoms with Gasteiger partial charge in [-0.2, -0.15) is 0 Å². The molecular weight excluding hydrogens is 510 g/mol. The summed E-state index contributed by atoms with van der Waals surface area (Å²) >= 11 is 0. The van der Waals surface area contributed by atoms with E-state index >= 15 is 0 Å². The molecule has 2 atom stereocenters. The maximum atomic E-state index is 13.9. The van der Waals surface area contributed by atoms with Crippen molar-refractivity contribution in [2.75, 3.05) is 17.4 Å². The minimum Gasteiger partial charge on any atom is -0.352 e. The summed E-state index contributed by atoms with van der Waals surface area (Å²) in [6.45, 7) is 9.11. The van der Waals surface area contributed by atoms with Crippen LogP contribution in [0.5, 0.6) is 0 Å². The highest BCUT2D eigenvalue weighted by molar-refractivity contribution is 7.92. The predicted octanol–water partition coefficient (Wildman–Crippen LogP) is 4.87. The third-order valence-electron chi connectivity index (χ3n) is 6.92. The van der Waals surface area contributed by atoms with Gasteiger partial charge in [0, 0.05) is 12.6 Å². The lowest BCUT2D eigenvalue weighted by Gasteiger charge is -2.33. The Labute approximate surface area is 232 Å². The maximum Gasteiger partial charge on any atom is 0.264 e. The van der Waals surface area contributed by atoms with E-state index < -0.39 is 28.5 Å². The second-order valence-corrected chi connectivity index (χ2v) is 11.8. The quantitative estimate of drug-likeness (QED) is 0.349. The number of aryl methyl sites for hydroxylation is 2. The first kappa shape index (κ1) is 29.9. The molecule has 0 fully saturated rings. The molecule has 0 heterocycles. The van der Waals surface area contributed by atoms with E-state index in [1.807, 2.05) is 70.2 Å². The summed E-state index contributed by atoms with van der Waals surface area (Å²) in [5, 5.41) is 2.95. The lowest BCUT2D eigenvalue weighted by Crippen LogP contribution is -2.53. The van der Waals surface area contributed by atoms with Crippen LogP contribution in [0, 0.1) is 13.8 Å². The van der Waals surface area contributed by atoms with Crippen LogP contribution in [0.3, 0.4) is 0 Å². The van der Waals surface area contributed by atoms with E-state index in [4.69, 9.17) is 0 Å². The van der Waals surface area contributed by atoms with E-state index in [1.54, 1.807) is 43.3 Å². The Bertz CT molecular complexity index is 1360. The number of nitrogens with one attached hydrogen (secondary N) is 1. The van der Waals surface area contributed by atoms with E-state index in [1.165, 1.54) is 4.90 Å². The smallest absolute Gasteiger partial charge is 0.264 e. The van der Waals surface area contributed by atoms with Crippen molar-refractivity contribution in [3.63, 3.8) is 0 Å². The number of carbonyl (C=O) groups excluding carboxylic acids is 2. The first-order chi connectivity index (χ1) is 18.5. The van der Waals surface area contributed by atoms with Gasteiger partial charge in [0.1, 0.15) is 12.6 Å². The zero-order valence-corrected chi connectivity index (χ0v) is 24.2. The van der Waals surface area contributed by atoms with Crippen LogP contribution in [-0.2, 0) is 26.0 Å². The Morgan fingerprint density at radius 3 is 2.10 bits per heavy atom. The van der Waals surface area contributed by atoms with Crippen LogP contribution in [0.1, 0.15) is 43.9 Å². The Morgan fingerprint density at radius 1 is 0.872 bits per heavy atom. The first-order valence-corrected chi connectivity index (χ1v) is 14.8. The number of amides is 2. The average Bonchev–Trinajstić information content (AvgIpc) is 2.92. The molecular formula is C31H39N3O4S. The highest BCUT2D eigenvalue weighted by Crippen LogP contribution is 2.27. The number of sulfonamides is 1. The van der Waals surface area contributed by atoms with Crippen LogP contribution in [0.4, 0.5) is 5.69 Å². The van der Waals surface area contributed by atoms with E-state index in [2.05, 4.69) is 5.32 Å². The molecule has 0 spiro atoms. The van der Waals surface area contributed by atoms with Gasteiger partial charge in [-0.05, 0) is 69.9 Å². The van der Waals surface area contributed by atoms with Gasteiger partial charge < -0.3 is 10.2 Å². The number of nitrogens with zero attached hydrogens (tertiary/aromatic N) is 2. The van der Waals surface area contributed by atoms with Crippen molar-refractivity contribution in [1.29, 1.82) is 0 Å². The van der Waals surface area contributed by atoms with Gasteiger partial charge in [0.15, 0.2) is 0 Å². The molecule has 2 unspecified atom stereocenters. The van der Waals surface area contributed by atoms with E-state index in [0.717, 1.165) is 27.4 Å². The van der Waals surface area contributed by atoms with Crippen LogP contribution in [0.25, 0.3) is 0 Å². The average molecular weight is 550 g/mol. The molecule has 0 radical (unpaired) electrons. The number of rotatable bonds is 12. The van der Waals surface area contributed by atoms with Crippen molar-refractivity contribution < 1.29 is 18.0 Å². The maximum absolute atomic E-state index is 13.9. The van der Waals surface area contributed by atoms with Gasteiger partial charge in [0.2, 0.25) is 11.8 Å². The van der Waals surface area contributed by atoms with E-state index in [0.29, 0.717) is 12.1 Å². The van der Waals surface area contributed by atoms with Crippen LogP contribution in [-0.4, -0.2) is 50.3 Å². The van der Waals surface area contributed by atoms with Crippen molar-refractivity contribution in [1.82, 2.24) is 10.2 Å². The van der Waals surface area contributed by atoms with Gasteiger partial charge in [-0.25, -0.2) is 8.42 Å². The molecule has 8 heteroatoms. The molecule has 0 bridgehead atoms. The number of anilines is 1. The molecule has 0 aliphatic rings. The number of hydrogen-bond acceptors (Lipinski definition) is 4. The Hall–Kier alpha value is -3.65. The van der Waals surface area contributed by atoms with Gasteiger partial charge >= 0.3 is 0 Å². The summed E-state index contributed by atoms with van der Waals surface area (Å²) in [4.78, 5) is 28.6. The van der Waals surface area contributed by atoms with Crippen molar-refractivity contribution in [3.8, 4) is 0 Å². The van der Waals surface area contributed by atoms with E-state index in [-0.39, 0.29) is 23.4 Å². The fraction of sp³-hybridized carbons (Fsp3) is 0.355. The van der Waals surface area contributed by atoms with Gasteiger partial charge in [-0.1, -0.05) is 73.2 Å². The van der Waals surface area contributed by atoms with Crippen LogP contribution in [0.2, 0.25) is 0 Å². The summed E-state index contributed by atoms with van der Waals surface area (Å²) in [6, 6.07) is 22.5. The zero-order valence-electron chi connectivity index (χ0n) is 23.4. The summed E-state index contributed by atoms with van der Waals surface area (Å²) in [6.07, 6.45) is 1.29. The standard InChI is InChI=1S/C31H39N3O4S/c1-6-25(4)32-31(36)26(5)33(21-20-27-13-8-7-9-14-27)30(35)22-34(29-15-11-10-12-24(29)3)39(37,38)28-18-16-23(2)17-19-28/h7-19,25-26H,6,20-22H2,1-5H3,(H,32,36). The van der Waals surface area contributed by atoms with Crippen molar-refractivity contribution in [2.24, 2.45) is 0 Å². The second-order valence-electron chi connectivity index (χ2n) is 9.93. The van der Waals surface area contributed by atoms with Crippen LogP contribution < -0.4 is 9.62 Å². The second kappa shape index (κ2) is 13.4. The summed E-state index contributed by atoms with van der Waals surface area (Å²) < 4.78 is 29.0. The monoisotopic (exact) mass is 549 g/mol. The number of hydrogen-bond donors (Lipinski definition) is 1. The van der Waals surface area contributed by atoms with Gasteiger partial charge in [-0.15, -0.1) is 0 Å². The van der Waals surface area contributed by atoms with Crippen molar-refractivity contribution in [2.45, 2.75) is 64.4 Å². The predicted molar refractivity (Wildman–Crippen MR) is 156 cm³/mol. The number of benzene rings is 3. The Kier molecular flexibility index (Phi) is 10.3. The minimum atomic E-state index is -4.07. The van der Waals surface area contributed by atoms with Crippen molar-refractivity contribution >= 4 is 27.5 Å². The zero-order chi connectivity index (χ0) is 28.6. The molecule has 0 aliphatic heterocycles. The van der Waals surface area contributed by atoms with E-state index in [9.17, 15) is 18.0 Å². The Balaban J connectivity index is 1.98. The Morgan fingerprint density at radius 2 is 1.49 bits per heavy atom. The molecule has 39 heavy (non-hydrogen) atoms. The number of para-hydroxylation sites is 1. The van der Waals surface area contributed by atoms with Crippen LogP contribution >= 0.6 is 0 Å². The molecule has 3 rings (SSSR count). The summed E-state index contributed by atoms with van der Waals surface area (Å²) in [7, 11) is -4.07. The molecule has 3 aromatic carbocycles. The fourth-order valence-corrected chi connectivity index (χ4v) is 5.71. The molecule has 0 saturated carbocycles. The molecule has 208 valence electrons. The summed E-state index contributed by atoms with van der Waals surface area (Å²) in [5.74, 6) is -0.716. The third kappa shape index (κ3) is 7.69. The molecule has 1 N–H and O–H groups in total. The number of carbonyl (C=O) groups is 2. The van der Waals surface area contributed by atoms with Gasteiger partial charge in [0.25, 0.3) is 10.0 Å². The summed E-state index contributed by atoms with van der Waals surface area (Å²) in [5.41, 5.74) is 3.10. The third-order valence-corrected chi connectivity index (χ3v) is 8.70. The molecule has 7 nitrogen and oxygen atoms in total. The molecule has 0 saturated heterocycles. The van der Waals surface area contributed by atoms with Crippen LogP contribution in [0.15, 0.2) is 83.8 Å². The normalized spacial score (nSPS) is 12.8. The topological polar surface area (TPSA) is 86.8 Å². The largest absolute Gasteiger partial charge is 0.352 e. The van der Waals surface area contributed by atoms with Gasteiger partial charge in [-0.3, -0.25) is 13.9 Å². The van der Waals surface area contributed by atoms with Crippen molar-refractivity contribution in [3.05, 3.63) is 95.6 Å². The molecule has 2 amide bonds. The highest BCUT2D eigenvalue weighted by Gasteiger charge is 2.33. The first-order valence-electron chi connectivity index (χ1n) is 13.3. The minimum absolute atomic E-state index is 0.0450. The van der Waals surface area contributed by atoms with Gasteiger partial charge in [0.05, 0.1) is 10.6 Å². The molecule has 3 aromatic rings. The lowest BCUT2D eigenvalue weighted by molar-refractivity contribution is -0.139. The molecule has 0 aliphatic carbocycles. The lowest BCUT2D eigenvalue weighted by atomic mass is 10.1. The fourth-order valence-electron chi connectivity index (χ4n) is 4.23.